The lowest BCUT2D eigenvalue weighted by atomic mass is 10.0. The summed E-state index contributed by atoms with van der Waals surface area (Å²) in [6.07, 6.45) is 4.90. The van der Waals surface area contributed by atoms with E-state index in [1.54, 1.807) is 0 Å². The zero-order valence-electron chi connectivity index (χ0n) is 11.4. The lowest BCUT2D eigenvalue weighted by Gasteiger charge is -2.08. The summed E-state index contributed by atoms with van der Waals surface area (Å²) < 4.78 is 0. The molecule has 19 heavy (non-hydrogen) atoms. The molecule has 0 saturated carbocycles. The van der Waals surface area contributed by atoms with E-state index in [9.17, 15) is 0 Å². The molecule has 0 heterocycles. The minimum Gasteiger partial charge on any atom is -0.313 e. The second-order valence-electron chi connectivity index (χ2n) is 4.92. The molecule has 0 radical (unpaired) electrons. The molecule has 0 aromatic heterocycles. The highest BCUT2D eigenvalue weighted by Crippen LogP contribution is 2.18. The van der Waals surface area contributed by atoms with Crippen LogP contribution in [0.4, 0.5) is 0 Å². The molecule has 0 aliphatic heterocycles. The van der Waals surface area contributed by atoms with E-state index >= 15 is 0 Å². The minimum atomic E-state index is 0.795. The predicted octanol–water partition coefficient (Wildman–Crippen LogP) is 4.73. The summed E-state index contributed by atoms with van der Waals surface area (Å²) in [6.45, 7) is 2.04. The van der Waals surface area contributed by atoms with Crippen molar-refractivity contribution in [1.29, 1.82) is 0 Å². The van der Waals surface area contributed by atoms with Crippen molar-refractivity contribution in [3.05, 3.63) is 48.0 Å². The first-order valence-corrected chi connectivity index (χ1v) is 7.68. The van der Waals surface area contributed by atoms with Gasteiger partial charge in [-0.3, -0.25) is 0 Å². The lowest BCUT2D eigenvalue weighted by molar-refractivity contribution is 0.600. The Labute approximate surface area is 121 Å². The minimum absolute atomic E-state index is 0.795. The van der Waals surface area contributed by atoms with E-state index in [-0.39, 0.29) is 0 Å². The molecule has 102 valence electrons. The van der Waals surface area contributed by atoms with Crippen LogP contribution in [-0.2, 0) is 6.54 Å². The van der Waals surface area contributed by atoms with Gasteiger partial charge in [-0.25, -0.2) is 0 Å². The van der Waals surface area contributed by atoms with Crippen LogP contribution in [0, 0.1) is 0 Å². The maximum absolute atomic E-state index is 5.66. The Morgan fingerprint density at radius 2 is 1.63 bits per heavy atom. The summed E-state index contributed by atoms with van der Waals surface area (Å²) >= 11 is 5.66. The topological polar surface area (TPSA) is 12.0 Å². The van der Waals surface area contributed by atoms with Crippen molar-refractivity contribution >= 4 is 22.4 Å². The van der Waals surface area contributed by atoms with Gasteiger partial charge in [-0.15, -0.1) is 11.6 Å². The first-order valence-electron chi connectivity index (χ1n) is 7.15. The fraction of sp³-hybridized carbons (Fsp3) is 0.412. The summed E-state index contributed by atoms with van der Waals surface area (Å²) in [4.78, 5) is 0. The number of alkyl halides is 1. The summed E-state index contributed by atoms with van der Waals surface area (Å²) in [5, 5.41) is 6.22. The summed E-state index contributed by atoms with van der Waals surface area (Å²) in [7, 11) is 0. The van der Waals surface area contributed by atoms with E-state index in [1.807, 2.05) is 0 Å². The zero-order valence-corrected chi connectivity index (χ0v) is 12.1. The molecule has 0 spiro atoms. The highest BCUT2D eigenvalue weighted by molar-refractivity contribution is 6.17. The highest BCUT2D eigenvalue weighted by atomic mass is 35.5. The Morgan fingerprint density at radius 3 is 2.53 bits per heavy atom. The first kappa shape index (κ1) is 14.4. The number of fused-ring (bicyclic) bond motifs is 1. The van der Waals surface area contributed by atoms with Crippen LogP contribution in [0.5, 0.6) is 0 Å². The molecule has 0 aliphatic carbocycles. The smallest absolute Gasteiger partial charge is 0.0223 e. The molecule has 2 aromatic rings. The van der Waals surface area contributed by atoms with Crippen LogP contribution in [0.2, 0.25) is 0 Å². The molecule has 2 rings (SSSR count). The second-order valence-corrected chi connectivity index (χ2v) is 5.30. The number of unbranched alkanes of at least 4 members (excludes halogenated alkanes) is 3. The van der Waals surface area contributed by atoms with Crippen molar-refractivity contribution in [3.8, 4) is 0 Å². The molecule has 0 amide bonds. The molecule has 0 saturated heterocycles. The third kappa shape index (κ3) is 4.52. The average Bonchev–Trinajstić information content (AvgIpc) is 2.46. The van der Waals surface area contributed by atoms with Crippen LogP contribution in [0.3, 0.4) is 0 Å². The van der Waals surface area contributed by atoms with Crippen molar-refractivity contribution in [1.82, 2.24) is 5.32 Å². The highest BCUT2D eigenvalue weighted by Gasteiger charge is 1.99. The largest absolute Gasteiger partial charge is 0.313 e. The third-order valence-electron chi connectivity index (χ3n) is 3.43. The van der Waals surface area contributed by atoms with E-state index in [1.165, 1.54) is 35.6 Å². The first-order chi connectivity index (χ1) is 9.42. The maximum Gasteiger partial charge on any atom is 0.0223 e. The number of hydrogen-bond donors (Lipinski definition) is 1. The second kappa shape index (κ2) is 8.19. The Morgan fingerprint density at radius 1 is 0.842 bits per heavy atom. The van der Waals surface area contributed by atoms with Gasteiger partial charge in [0.25, 0.3) is 0 Å². The fourth-order valence-corrected chi connectivity index (χ4v) is 2.56. The van der Waals surface area contributed by atoms with Crippen LogP contribution in [0.1, 0.15) is 31.2 Å². The predicted molar refractivity (Wildman–Crippen MR) is 84.8 cm³/mol. The fourth-order valence-electron chi connectivity index (χ4n) is 2.37. The van der Waals surface area contributed by atoms with Gasteiger partial charge >= 0.3 is 0 Å². The number of nitrogens with one attached hydrogen (secondary N) is 1. The average molecular weight is 276 g/mol. The molecule has 0 atom stereocenters. The Kier molecular flexibility index (Phi) is 6.19. The van der Waals surface area contributed by atoms with Gasteiger partial charge in [-0.05, 0) is 35.7 Å². The van der Waals surface area contributed by atoms with Gasteiger partial charge in [0.05, 0.1) is 0 Å². The van der Waals surface area contributed by atoms with E-state index in [0.29, 0.717) is 0 Å². The van der Waals surface area contributed by atoms with Crippen molar-refractivity contribution in [2.45, 2.75) is 32.2 Å². The number of benzene rings is 2. The molecule has 0 aliphatic rings. The van der Waals surface area contributed by atoms with E-state index in [2.05, 4.69) is 47.8 Å². The van der Waals surface area contributed by atoms with Crippen molar-refractivity contribution in [2.24, 2.45) is 0 Å². The monoisotopic (exact) mass is 275 g/mol. The Balaban J connectivity index is 1.78. The molecule has 0 unspecified atom stereocenters. The van der Waals surface area contributed by atoms with Crippen LogP contribution in [0.25, 0.3) is 10.8 Å². The molecule has 0 bridgehead atoms. The molecular formula is C17H22ClN. The van der Waals surface area contributed by atoms with Gasteiger partial charge in [0.1, 0.15) is 0 Å². The van der Waals surface area contributed by atoms with Gasteiger partial charge in [-0.1, -0.05) is 55.3 Å². The lowest BCUT2D eigenvalue weighted by Crippen LogP contribution is -2.14. The molecular weight excluding hydrogens is 254 g/mol. The van der Waals surface area contributed by atoms with Crippen LogP contribution < -0.4 is 5.32 Å². The van der Waals surface area contributed by atoms with Crippen LogP contribution in [-0.4, -0.2) is 12.4 Å². The molecule has 0 fully saturated rings. The van der Waals surface area contributed by atoms with Gasteiger partial charge in [0.2, 0.25) is 0 Å². The summed E-state index contributed by atoms with van der Waals surface area (Å²) in [5.74, 6) is 0.795. The molecule has 2 aromatic carbocycles. The molecule has 1 N–H and O–H groups in total. The van der Waals surface area contributed by atoms with Crippen molar-refractivity contribution < 1.29 is 0 Å². The maximum atomic E-state index is 5.66. The van der Waals surface area contributed by atoms with Crippen molar-refractivity contribution in [2.75, 3.05) is 12.4 Å². The van der Waals surface area contributed by atoms with E-state index in [4.69, 9.17) is 11.6 Å². The summed E-state index contributed by atoms with van der Waals surface area (Å²) in [6, 6.07) is 15.1. The number of hydrogen-bond acceptors (Lipinski definition) is 1. The Hall–Kier alpha value is -1.05. The van der Waals surface area contributed by atoms with E-state index < -0.39 is 0 Å². The Bertz CT molecular complexity index is 490. The molecule has 1 nitrogen and oxygen atoms in total. The van der Waals surface area contributed by atoms with Crippen LogP contribution >= 0.6 is 11.6 Å². The zero-order chi connectivity index (χ0) is 13.3. The van der Waals surface area contributed by atoms with Gasteiger partial charge < -0.3 is 5.32 Å². The standard InChI is InChI=1S/C17H22ClN/c18-12-5-1-2-6-13-19-14-16-10-7-9-15-8-3-4-11-17(15)16/h3-4,7-11,19H,1-2,5-6,12-14H2. The van der Waals surface area contributed by atoms with Crippen LogP contribution in [0.15, 0.2) is 42.5 Å². The quantitative estimate of drug-likeness (QED) is 0.542. The van der Waals surface area contributed by atoms with Gasteiger partial charge in [0, 0.05) is 12.4 Å². The molecule has 2 heteroatoms. The summed E-state index contributed by atoms with van der Waals surface area (Å²) in [5.41, 5.74) is 1.39. The number of rotatable bonds is 8. The van der Waals surface area contributed by atoms with Gasteiger partial charge in [-0.2, -0.15) is 0 Å². The van der Waals surface area contributed by atoms with Crippen molar-refractivity contribution in [3.63, 3.8) is 0 Å². The normalized spacial score (nSPS) is 11.0. The van der Waals surface area contributed by atoms with E-state index in [0.717, 1.165) is 25.4 Å². The SMILES string of the molecule is ClCCCCCCNCc1cccc2ccccc12. The van der Waals surface area contributed by atoms with Gasteiger partial charge in [0.15, 0.2) is 0 Å². The number of halogens is 1. The third-order valence-corrected chi connectivity index (χ3v) is 3.70.